The summed E-state index contributed by atoms with van der Waals surface area (Å²) in [5.41, 5.74) is 0.585. The van der Waals surface area contributed by atoms with Crippen LogP contribution in [0.25, 0.3) is 0 Å². The average molecular weight is 338 g/mol. The van der Waals surface area contributed by atoms with E-state index in [9.17, 15) is 22.0 Å². The topological polar surface area (TPSA) is 91.3 Å². The molecule has 112 valence electrons. The van der Waals surface area contributed by atoms with Gasteiger partial charge in [0.1, 0.15) is 0 Å². The van der Waals surface area contributed by atoms with Crippen LogP contribution in [0.2, 0.25) is 0 Å². The average Bonchev–Trinajstić information content (AvgIpc) is 2.26. The number of hydrogen-bond donors (Lipinski definition) is 0. The van der Waals surface area contributed by atoms with Crippen molar-refractivity contribution < 1.29 is 22.0 Å². The van der Waals surface area contributed by atoms with Crippen molar-refractivity contribution in [3.8, 4) is 0 Å². The lowest BCUT2D eigenvalue weighted by Crippen LogP contribution is -2.26. The number of halogens is 1. The van der Waals surface area contributed by atoms with Gasteiger partial charge in [0.05, 0.1) is 9.64 Å². The van der Waals surface area contributed by atoms with Gasteiger partial charge in [-0.15, -0.1) is 0 Å². The van der Waals surface area contributed by atoms with Crippen molar-refractivity contribution in [1.29, 1.82) is 0 Å². The fourth-order valence-electron chi connectivity index (χ4n) is 1.77. The van der Waals surface area contributed by atoms with E-state index in [0.29, 0.717) is 5.56 Å². The number of carbonyl (C=O) groups is 1. The highest BCUT2D eigenvalue weighted by Gasteiger charge is 2.30. The standard InChI is InChI=1S/C12H15ClO5S2/c1-7-5-9(12(2,3)19(15)16)10(20(4,17)18)6-8(7)11(13)14/h5-6H,1-4H3,(H,15,16)/p-1. The van der Waals surface area contributed by atoms with E-state index in [4.69, 9.17) is 11.6 Å². The highest BCUT2D eigenvalue weighted by Crippen LogP contribution is 2.34. The van der Waals surface area contributed by atoms with Crippen LogP contribution in [-0.4, -0.2) is 28.7 Å². The van der Waals surface area contributed by atoms with Crippen molar-refractivity contribution in [3.05, 3.63) is 28.8 Å². The van der Waals surface area contributed by atoms with Gasteiger partial charge in [-0.05, 0) is 60.6 Å². The molecule has 0 bridgehead atoms. The second-order valence-corrected chi connectivity index (χ2v) is 8.77. The molecular weight excluding hydrogens is 324 g/mol. The lowest BCUT2D eigenvalue weighted by Gasteiger charge is -2.30. The van der Waals surface area contributed by atoms with E-state index in [-0.39, 0.29) is 16.0 Å². The second kappa shape index (κ2) is 5.55. The maximum absolute atomic E-state index is 11.9. The summed E-state index contributed by atoms with van der Waals surface area (Å²) in [6.45, 7) is 4.35. The Kier molecular flexibility index (Phi) is 4.80. The first-order chi connectivity index (χ1) is 8.89. The predicted octanol–water partition coefficient (Wildman–Crippen LogP) is 1.89. The smallest absolute Gasteiger partial charge is 0.252 e. The zero-order valence-corrected chi connectivity index (χ0v) is 13.8. The van der Waals surface area contributed by atoms with Crippen molar-refractivity contribution in [2.24, 2.45) is 0 Å². The molecule has 0 radical (unpaired) electrons. The van der Waals surface area contributed by atoms with Gasteiger partial charge in [-0.2, -0.15) is 0 Å². The molecule has 1 aromatic carbocycles. The minimum absolute atomic E-state index is 0.0447. The summed E-state index contributed by atoms with van der Waals surface area (Å²) in [6, 6.07) is 2.51. The zero-order chi connectivity index (χ0) is 15.9. The van der Waals surface area contributed by atoms with E-state index < -0.39 is 30.9 Å². The summed E-state index contributed by atoms with van der Waals surface area (Å²) in [5.74, 6) is 0. The van der Waals surface area contributed by atoms with Crippen LogP contribution in [0, 0.1) is 6.92 Å². The molecule has 5 nitrogen and oxygen atoms in total. The molecule has 0 spiro atoms. The lowest BCUT2D eigenvalue weighted by molar-refractivity contribution is 0.108. The Morgan fingerprint density at radius 1 is 1.35 bits per heavy atom. The van der Waals surface area contributed by atoms with E-state index in [1.54, 1.807) is 6.92 Å². The summed E-state index contributed by atoms with van der Waals surface area (Å²) in [6.07, 6.45) is 0.952. The largest absolute Gasteiger partial charge is 0.772 e. The van der Waals surface area contributed by atoms with Crippen molar-refractivity contribution in [2.75, 3.05) is 6.26 Å². The van der Waals surface area contributed by atoms with Crippen molar-refractivity contribution in [2.45, 2.75) is 30.4 Å². The first kappa shape index (κ1) is 17.3. The molecular formula is C12H14ClO5S2-. The zero-order valence-electron chi connectivity index (χ0n) is 11.4. The Balaban J connectivity index is 3.82. The minimum Gasteiger partial charge on any atom is -0.772 e. The molecule has 0 saturated carbocycles. The summed E-state index contributed by atoms with van der Waals surface area (Å²) < 4.78 is 45.0. The van der Waals surface area contributed by atoms with E-state index >= 15 is 0 Å². The number of rotatable bonds is 4. The Hall–Kier alpha value is -0.760. The third-order valence-corrected chi connectivity index (χ3v) is 5.40. The number of carbonyl (C=O) groups excluding carboxylic acids is 1. The molecule has 0 amide bonds. The van der Waals surface area contributed by atoms with Crippen LogP contribution in [0.3, 0.4) is 0 Å². The Morgan fingerprint density at radius 3 is 2.20 bits per heavy atom. The molecule has 1 unspecified atom stereocenters. The quantitative estimate of drug-likeness (QED) is 0.618. The van der Waals surface area contributed by atoms with Crippen LogP contribution in [0.4, 0.5) is 0 Å². The van der Waals surface area contributed by atoms with E-state index in [1.165, 1.54) is 19.9 Å². The van der Waals surface area contributed by atoms with Gasteiger partial charge in [-0.3, -0.25) is 9.00 Å². The molecule has 0 heterocycles. The maximum atomic E-state index is 11.9. The van der Waals surface area contributed by atoms with Gasteiger partial charge in [-0.1, -0.05) is 6.07 Å². The van der Waals surface area contributed by atoms with Gasteiger partial charge in [0, 0.05) is 11.8 Å². The van der Waals surface area contributed by atoms with Crippen LogP contribution in [0.15, 0.2) is 17.0 Å². The normalized spacial score (nSPS) is 14.1. The third kappa shape index (κ3) is 3.28. The summed E-state index contributed by atoms with van der Waals surface area (Å²) >= 11 is 2.87. The van der Waals surface area contributed by atoms with Gasteiger partial charge in [-0.25, -0.2) is 8.42 Å². The molecule has 0 aromatic heterocycles. The fourth-order valence-corrected chi connectivity index (χ4v) is 3.43. The monoisotopic (exact) mass is 337 g/mol. The summed E-state index contributed by atoms with van der Waals surface area (Å²) in [5, 5.41) is -0.792. The SMILES string of the molecule is Cc1cc(C(C)(C)S(=O)[O-])c(S(C)(=O)=O)cc1C(=O)Cl. The molecule has 1 atom stereocenters. The molecule has 8 heteroatoms. The second-order valence-electron chi connectivity index (χ2n) is 4.95. The molecule has 0 aliphatic rings. The molecule has 0 fully saturated rings. The van der Waals surface area contributed by atoms with Gasteiger partial charge in [0.25, 0.3) is 5.24 Å². The van der Waals surface area contributed by atoms with Gasteiger partial charge < -0.3 is 4.55 Å². The molecule has 1 rings (SSSR count). The van der Waals surface area contributed by atoms with E-state index in [1.807, 2.05) is 0 Å². The van der Waals surface area contributed by atoms with Crippen LogP contribution < -0.4 is 0 Å². The van der Waals surface area contributed by atoms with Crippen LogP contribution in [0.1, 0.15) is 35.3 Å². The van der Waals surface area contributed by atoms with Gasteiger partial charge >= 0.3 is 0 Å². The molecule has 0 aliphatic carbocycles. The molecule has 0 aliphatic heterocycles. The van der Waals surface area contributed by atoms with Crippen molar-refractivity contribution >= 4 is 37.8 Å². The number of hydrogen-bond acceptors (Lipinski definition) is 5. The van der Waals surface area contributed by atoms with Crippen molar-refractivity contribution in [3.63, 3.8) is 0 Å². The number of benzene rings is 1. The minimum atomic E-state index is -3.71. The van der Waals surface area contributed by atoms with Crippen molar-refractivity contribution in [1.82, 2.24) is 0 Å². The van der Waals surface area contributed by atoms with Crippen LogP contribution in [-0.2, 0) is 25.7 Å². The van der Waals surface area contributed by atoms with E-state index in [0.717, 1.165) is 12.3 Å². The summed E-state index contributed by atoms with van der Waals surface area (Å²) in [7, 11) is -3.71. The Morgan fingerprint density at radius 2 is 1.85 bits per heavy atom. The van der Waals surface area contributed by atoms with E-state index in [2.05, 4.69) is 0 Å². The lowest BCUT2D eigenvalue weighted by atomic mass is 9.97. The highest BCUT2D eigenvalue weighted by atomic mass is 35.5. The predicted molar refractivity (Wildman–Crippen MR) is 76.4 cm³/mol. The number of sulfone groups is 1. The first-order valence-electron chi connectivity index (χ1n) is 5.53. The molecule has 0 saturated heterocycles. The maximum Gasteiger partial charge on any atom is 0.252 e. The summed E-state index contributed by atoms with van der Waals surface area (Å²) in [4.78, 5) is 11.1. The highest BCUT2D eigenvalue weighted by molar-refractivity contribution is 7.90. The van der Waals surface area contributed by atoms with Crippen LogP contribution >= 0.6 is 11.6 Å². The van der Waals surface area contributed by atoms with Crippen LogP contribution in [0.5, 0.6) is 0 Å². The fraction of sp³-hybridized carbons (Fsp3) is 0.417. The Labute approximate surface area is 125 Å². The molecule has 0 N–H and O–H groups in total. The Bertz CT molecular complexity index is 692. The number of aryl methyl sites for hydroxylation is 1. The first-order valence-corrected chi connectivity index (χ1v) is 8.88. The van der Waals surface area contributed by atoms with Gasteiger partial charge in [0.2, 0.25) is 0 Å². The molecule has 20 heavy (non-hydrogen) atoms. The van der Waals surface area contributed by atoms with Gasteiger partial charge in [0.15, 0.2) is 9.84 Å². The third-order valence-electron chi connectivity index (χ3n) is 3.00. The molecule has 1 aromatic rings.